The van der Waals surface area contributed by atoms with Gasteiger partial charge in [0.2, 0.25) is 11.1 Å². The number of carbonyl (C=O) groups excluding carboxylic acids is 1. The lowest BCUT2D eigenvalue weighted by Crippen LogP contribution is -2.36. The van der Waals surface area contributed by atoms with Gasteiger partial charge in [0.15, 0.2) is 5.82 Å². The molecule has 0 fully saturated rings. The molecule has 6 nitrogen and oxygen atoms in total. The summed E-state index contributed by atoms with van der Waals surface area (Å²) in [5.74, 6) is 6.54. The largest absolute Gasteiger partial charge is 0.348 e. The minimum absolute atomic E-state index is 0.0321. The molecule has 0 saturated heterocycles. The number of benzene rings is 2. The number of nitrogens with zero attached hydrogens (tertiary/aromatic N) is 3. The molecule has 1 aliphatic carbocycles. The summed E-state index contributed by atoms with van der Waals surface area (Å²) in [6.07, 6.45) is 3.05. The predicted molar refractivity (Wildman–Crippen MR) is 121 cm³/mol. The van der Waals surface area contributed by atoms with Crippen LogP contribution in [-0.4, -0.2) is 26.0 Å². The molecule has 1 aliphatic rings. The number of fused-ring (bicyclic) bond motifs is 1. The minimum atomic E-state index is -0.390. The van der Waals surface area contributed by atoms with E-state index in [4.69, 9.17) is 29.0 Å². The lowest BCUT2D eigenvalue weighted by atomic mass is 9.88. The summed E-state index contributed by atoms with van der Waals surface area (Å²) in [6, 6.07) is 13.4. The standard InChI is InChI=1S/C21H21Cl2N5OS/c1-12(20(29)25-18-8-4-6-13-5-2-3-7-15(13)18)30-21-27-26-19(28(21)24)16-10-9-14(22)11-17(16)23/h2-3,5,7,9-12,18H,4,6,8,24H2,1H3,(H,25,29). The van der Waals surface area contributed by atoms with Gasteiger partial charge in [-0.15, -0.1) is 10.2 Å². The van der Waals surface area contributed by atoms with Crippen LogP contribution in [0.15, 0.2) is 47.6 Å². The summed E-state index contributed by atoms with van der Waals surface area (Å²) < 4.78 is 1.35. The van der Waals surface area contributed by atoms with E-state index >= 15 is 0 Å². The Labute approximate surface area is 189 Å². The maximum atomic E-state index is 12.8. The molecule has 0 saturated carbocycles. The van der Waals surface area contributed by atoms with Crippen LogP contribution in [0, 0.1) is 0 Å². The number of carbonyl (C=O) groups is 1. The second-order valence-corrected chi connectivity index (χ2v) is 9.36. The molecule has 30 heavy (non-hydrogen) atoms. The summed E-state index contributed by atoms with van der Waals surface area (Å²) in [7, 11) is 0. The van der Waals surface area contributed by atoms with Gasteiger partial charge < -0.3 is 11.2 Å². The van der Waals surface area contributed by atoms with Crippen LogP contribution in [0.4, 0.5) is 0 Å². The van der Waals surface area contributed by atoms with Crippen molar-refractivity contribution in [3.8, 4) is 11.4 Å². The molecule has 1 heterocycles. The molecule has 4 rings (SSSR count). The van der Waals surface area contributed by atoms with Gasteiger partial charge in [-0.3, -0.25) is 4.79 Å². The summed E-state index contributed by atoms with van der Waals surface area (Å²) in [5, 5.41) is 12.5. The third kappa shape index (κ3) is 4.29. The quantitative estimate of drug-likeness (QED) is 0.426. The van der Waals surface area contributed by atoms with Crippen LogP contribution in [0.25, 0.3) is 11.4 Å². The molecule has 0 radical (unpaired) electrons. The smallest absolute Gasteiger partial charge is 0.233 e. The Hall–Kier alpha value is -2.22. The molecule has 9 heteroatoms. The number of hydrogen-bond donors (Lipinski definition) is 2. The molecule has 2 aromatic carbocycles. The Bertz CT molecular complexity index is 1090. The number of thioether (sulfide) groups is 1. The minimum Gasteiger partial charge on any atom is -0.348 e. The highest BCUT2D eigenvalue weighted by Gasteiger charge is 2.25. The molecular weight excluding hydrogens is 441 g/mol. The van der Waals surface area contributed by atoms with Crippen LogP contribution in [0.5, 0.6) is 0 Å². The van der Waals surface area contributed by atoms with Crippen LogP contribution in [0.1, 0.15) is 36.9 Å². The fourth-order valence-corrected chi connectivity index (χ4v) is 4.89. The Kier molecular flexibility index (Phi) is 6.22. The van der Waals surface area contributed by atoms with Crippen molar-refractivity contribution in [1.29, 1.82) is 0 Å². The van der Waals surface area contributed by atoms with Crippen molar-refractivity contribution < 1.29 is 4.79 Å². The summed E-state index contributed by atoms with van der Waals surface area (Å²) >= 11 is 13.5. The number of hydrogen-bond acceptors (Lipinski definition) is 5. The molecule has 1 aromatic heterocycles. The number of halogens is 2. The normalized spacial score (nSPS) is 16.7. The van der Waals surface area contributed by atoms with Gasteiger partial charge in [0.25, 0.3) is 0 Å². The van der Waals surface area contributed by atoms with Gasteiger partial charge in [-0.05, 0) is 55.5 Å². The topological polar surface area (TPSA) is 85.8 Å². The van der Waals surface area contributed by atoms with Crippen molar-refractivity contribution in [3.63, 3.8) is 0 Å². The molecule has 156 valence electrons. The molecule has 2 atom stereocenters. The van der Waals surface area contributed by atoms with Crippen molar-refractivity contribution in [2.45, 2.75) is 42.6 Å². The van der Waals surface area contributed by atoms with Gasteiger partial charge in [0.05, 0.1) is 16.3 Å². The average molecular weight is 462 g/mol. The van der Waals surface area contributed by atoms with E-state index in [2.05, 4.69) is 27.6 Å². The molecule has 0 bridgehead atoms. The lowest BCUT2D eigenvalue weighted by molar-refractivity contribution is -0.121. The number of nitrogens with two attached hydrogens (primary N) is 1. The number of nitrogens with one attached hydrogen (secondary N) is 1. The van der Waals surface area contributed by atoms with Gasteiger partial charge >= 0.3 is 0 Å². The Morgan fingerprint density at radius 3 is 2.87 bits per heavy atom. The maximum absolute atomic E-state index is 12.8. The van der Waals surface area contributed by atoms with E-state index in [0.717, 1.165) is 19.3 Å². The van der Waals surface area contributed by atoms with E-state index in [1.165, 1.54) is 27.6 Å². The summed E-state index contributed by atoms with van der Waals surface area (Å²) in [5.41, 5.74) is 3.13. The summed E-state index contributed by atoms with van der Waals surface area (Å²) in [6.45, 7) is 1.83. The second kappa shape index (κ2) is 8.88. The monoisotopic (exact) mass is 461 g/mol. The number of rotatable bonds is 5. The lowest BCUT2D eigenvalue weighted by Gasteiger charge is -2.27. The van der Waals surface area contributed by atoms with Crippen molar-refractivity contribution in [2.75, 3.05) is 5.84 Å². The molecular formula is C21H21Cl2N5OS. The van der Waals surface area contributed by atoms with Crippen LogP contribution in [0.2, 0.25) is 10.0 Å². The number of aromatic nitrogens is 3. The zero-order valence-electron chi connectivity index (χ0n) is 16.3. The zero-order valence-corrected chi connectivity index (χ0v) is 18.6. The number of amides is 1. The first kappa shape index (κ1) is 21.0. The van der Waals surface area contributed by atoms with Crippen molar-refractivity contribution in [1.82, 2.24) is 20.2 Å². The van der Waals surface area contributed by atoms with Crippen molar-refractivity contribution >= 4 is 40.9 Å². The van der Waals surface area contributed by atoms with Crippen LogP contribution < -0.4 is 11.2 Å². The highest BCUT2D eigenvalue weighted by Crippen LogP contribution is 2.32. The highest BCUT2D eigenvalue weighted by atomic mass is 35.5. The van der Waals surface area contributed by atoms with Gasteiger partial charge in [0.1, 0.15) is 0 Å². The Balaban J connectivity index is 1.46. The SMILES string of the molecule is CC(Sc1nnc(-c2ccc(Cl)cc2Cl)n1N)C(=O)NC1CCCc2ccccc21. The average Bonchev–Trinajstić information content (AvgIpc) is 3.08. The van der Waals surface area contributed by atoms with E-state index in [1.54, 1.807) is 18.2 Å². The fraction of sp³-hybridized carbons (Fsp3) is 0.286. The summed E-state index contributed by atoms with van der Waals surface area (Å²) in [4.78, 5) is 12.8. The fourth-order valence-electron chi connectivity index (χ4n) is 3.62. The third-order valence-corrected chi connectivity index (χ3v) is 6.78. The first-order valence-corrected chi connectivity index (χ1v) is 11.3. The Morgan fingerprint density at radius 2 is 2.07 bits per heavy atom. The number of nitrogen functional groups attached to an aromatic ring is 1. The third-order valence-electron chi connectivity index (χ3n) is 5.17. The predicted octanol–water partition coefficient (Wildman–Crippen LogP) is 4.64. The van der Waals surface area contributed by atoms with Gasteiger partial charge in [0, 0.05) is 10.6 Å². The highest BCUT2D eigenvalue weighted by molar-refractivity contribution is 8.00. The molecule has 1 amide bonds. The van der Waals surface area contributed by atoms with Crippen molar-refractivity contribution in [3.05, 3.63) is 63.6 Å². The van der Waals surface area contributed by atoms with E-state index in [1.807, 2.05) is 19.1 Å². The maximum Gasteiger partial charge on any atom is 0.233 e. The molecule has 3 N–H and O–H groups in total. The van der Waals surface area contributed by atoms with Crippen LogP contribution >= 0.6 is 35.0 Å². The molecule has 0 spiro atoms. The first-order chi connectivity index (χ1) is 14.4. The molecule has 3 aromatic rings. The second-order valence-electron chi connectivity index (χ2n) is 7.21. The van der Waals surface area contributed by atoms with E-state index in [-0.39, 0.29) is 17.2 Å². The van der Waals surface area contributed by atoms with Crippen LogP contribution in [0.3, 0.4) is 0 Å². The van der Waals surface area contributed by atoms with E-state index in [9.17, 15) is 4.79 Å². The van der Waals surface area contributed by atoms with Gasteiger partial charge in [-0.25, -0.2) is 4.68 Å². The molecule has 0 aliphatic heterocycles. The van der Waals surface area contributed by atoms with Gasteiger partial charge in [-0.1, -0.05) is 59.2 Å². The van der Waals surface area contributed by atoms with Crippen molar-refractivity contribution in [2.24, 2.45) is 0 Å². The van der Waals surface area contributed by atoms with E-state index in [0.29, 0.717) is 26.6 Å². The Morgan fingerprint density at radius 1 is 1.27 bits per heavy atom. The van der Waals surface area contributed by atoms with Crippen LogP contribution in [-0.2, 0) is 11.2 Å². The zero-order chi connectivity index (χ0) is 21.3. The first-order valence-electron chi connectivity index (χ1n) is 9.65. The number of aryl methyl sites for hydroxylation is 1. The molecule has 2 unspecified atom stereocenters. The van der Waals surface area contributed by atoms with Gasteiger partial charge in [-0.2, -0.15) is 0 Å². The van der Waals surface area contributed by atoms with E-state index < -0.39 is 0 Å².